The number of aromatic nitrogens is 1. The van der Waals surface area contributed by atoms with Gasteiger partial charge in [-0.25, -0.2) is 4.39 Å². The van der Waals surface area contributed by atoms with Crippen LogP contribution in [0.4, 0.5) is 10.1 Å². The number of hydrogen-bond acceptors (Lipinski definition) is 2. The number of para-hydroxylation sites is 1. The Morgan fingerprint density at radius 1 is 0.903 bits per heavy atom. The second-order valence-corrected chi connectivity index (χ2v) is 8.47. The molecule has 2 heterocycles. The molecule has 3 nitrogen and oxygen atoms in total. The van der Waals surface area contributed by atoms with Crippen LogP contribution in [-0.2, 0) is 6.42 Å². The summed E-state index contributed by atoms with van der Waals surface area (Å²) in [5.41, 5.74) is 7.38. The topological polar surface area (TPSA) is 22.3 Å². The molecule has 31 heavy (non-hydrogen) atoms. The fourth-order valence-electron chi connectivity index (χ4n) is 4.58. The van der Waals surface area contributed by atoms with Gasteiger partial charge >= 0.3 is 0 Å². The van der Waals surface area contributed by atoms with Crippen LogP contribution < -0.4 is 4.90 Å². The SMILES string of the molecule is Cc1ccc(-c2ccccc2N2CCN(CCc3c[nH]c4ccc(F)cc34)CC2)cc1. The molecule has 1 aliphatic rings. The van der Waals surface area contributed by atoms with Gasteiger partial charge in [-0.15, -0.1) is 0 Å². The maximum Gasteiger partial charge on any atom is 0.123 e. The number of H-pyrrole nitrogens is 1. The molecule has 0 amide bonds. The zero-order valence-electron chi connectivity index (χ0n) is 17.9. The third-order valence-corrected chi connectivity index (χ3v) is 6.41. The summed E-state index contributed by atoms with van der Waals surface area (Å²) in [4.78, 5) is 8.29. The third kappa shape index (κ3) is 4.21. The van der Waals surface area contributed by atoms with Gasteiger partial charge in [0, 0.05) is 61.1 Å². The summed E-state index contributed by atoms with van der Waals surface area (Å²) in [5.74, 6) is -0.172. The lowest BCUT2D eigenvalue weighted by atomic mass is 10.0. The number of nitrogens with zero attached hydrogens (tertiary/aromatic N) is 2. The van der Waals surface area contributed by atoms with Gasteiger partial charge in [0.2, 0.25) is 0 Å². The van der Waals surface area contributed by atoms with Crippen LogP contribution in [0.2, 0.25) is 0 Å². The van der Waals surface area contributed by atoms with E-state index in [0.717, 1.165) is 50.0 Å². The van der Waals surface area contributed by atoms with Gasteiger partial charge in [0.1, 0.15) is 5.82 Å². The summed E-state index contributed by atoms with van der Waals surface area (Å²) in [6.07, 6.45) is 2.96. The molecule has 0 atom stereocenters. The second kappa shape index (κ2) is 8.56. The lowest BCUT2D eigenvalue weighted by Gasteiger charge is -2.37. The Morgan fingerprint density at radius 2 is 1.68 bits per heavy atom. The lowest BCUT2D eigenvalue weighted by molar-refractivity contribution is 0.261. The standard InChI is InChI=1S/C27H28FN3/c1-20-6-8-21(9-7-20)24-4-2-3-5-27(24)31-16-14-30(15-17-31)13-12-22-19-29-26-11-10-23(28)18-25(22)26/h2-11,18-19,29H,12-17H2,1H3. The largest absolute Gasteiger partial charge is 0.368 e. The highest BCUT2D eigenvalue weighted by molar-refractivity contribution is 5.83. The van der Waals surface area contributed by atoms with Gasteiger partial charge in [-0.2, -0.15) is 0 Å². The molecule has 1 aliphatic heterocycles. The summed E-state index contributed by atoms with van der Waals surface area (Å²) in [6, 6.07) is 22.5. The Kier molecular flexibility index (Phi) is 5.47. The highest BCUT2D eigenvalue weighted by Crippen LogP contribution is 2.31. The summed E-state index contributed by atoms with van der Waals surface area (Å²) in [6.45, 7) is 7.24. The molecule has 0 bridgehead atoms. The molecule has 1 fully saturated rings. The summed E-state index contributed by atoms with van der Waals surface area (Å²) >= 11 is 0. The van der Waals surface area contributed by atoms with Gasteiger partial charge in [-0.1, -0.05) is 48.0 Å². The van der Waals surface area contributed by atoms with E-state index in [-0.39, 0.29) is 5.82 Å². The van der Waals surface area contributed by atoms with E-state index in [4.69, 9.17) is 0 Å². The van der Waals surface area contributed by atoms with Crippen molar-refractivity contribution in [2.45, 2.75) is 13.3 Å². The molecule has 4 heteroatoms. The van der Waals surface area contributed by atoms with Crippen LogP contribution in [0.25, 0.3) is 22.0 Å². The minimum Gasteiger partial charge on any atom is -0.368 e. The van der Waals surface area contributed by atoms with Crippen molar-refractivity contribution in [3.8, 4) is 11.1 Å². The predicted molar refractivity (Wildman–Crippen MR) is 127 cm³/mol. The molecule has 158 valence electrons. The van der Waals surface area contributed by atoms with E-state index < -0.39 is 0 Å². The highest BCUT2D eigenvalue weighted by Gasteiger charge is 2.19. The monoisotopic (exact) mass is 413 g/mol. The molecule has 0 radical (unpaired) electrons. The van der Waals surface area contributed by atoms with Crippen LogP contribution in [0.3, 0.4) is 0 Å². The number of hydrogen-bond donors (Lipinski definition) is 1. The van der Waals surface area contributed by atoms with Gasteiger partial charge in [0.15, 0.2) is 0 Å². The maximum absolute atomic E-state index is 13.6. The lowest BCUT2D eigenvalue weighted by Crippen LogP contribution is -2.47. The number of anilines is 1. The van der Waals surface area contributed by atoms with E-state index >= 15 is 0 Å². The first-order chi connectivity index (χ1) is 15.2. The van der Waals surface area contributed by atoms with Crippen molar-refractivity contribution in [1.82, 2.24) is 9.88 Å². The number of halogens is 1. The van der Waals surface area contributed by atoms with E-state index in [9.17, 15) is 4.39 Å². The first-order valence-electron chi connectivity index (χ1n) is 11.1. The van der Waals surface area contributed by atoms with Crippen LogP contribution >= 0.6 is 0 Å². The number of benzene rings is 3. The number of rotatable bonds is 5. The van der Waals surface area contributed by atoms with Crippen molar-refractivity contribution in [3.05, 3.63) is 89.9 Å². The van der Waals surface area contributed by atoms with Gasteiger partial charge in [0.05, 0.1) is 0 Å². The van der Waals surface area contributed by atoms with Crippen molar-refractivity contribution in [2.24, 2.45) is 0 Å². The van der Waals surface area contributed by atoms with Gasteiger partial charge in [-0.3, -0.25) is 4.90 Å². The molecular weight excluding hydrogens is 385 g/mol. The quantitative estimate of drug-likeness (QED) is 0.457. The second-order valence-electron chi connectivity index (χ2n) is 8.47. The number of nitrogens with one attached hydrogen (secondary N) is 1. The predicted octanol–water partition coefficient (Wildman–Crippen LogP) is 5.65. The first-order valence-corrected chi connectivity index (χ1v) is 11.1. The van der Waals surface area contributed by atoms with Crippen molar-refractivity contribution in [3.63, 3.8) is 0 Å². The fourth-order valence-corrected chi connectivity index (χ4v) is 4.58. The first kappa shape index (κ1) is 19.8. The van der Waals surface area contributed by atoms with Crippen molar-refractivity contribution in [1.29, 1.82) is 0 Å². The Labute approximate surface area is 183 Å². The summed E-state index contributed by atoms with van der Waals surface area (Å²) in [7, 11) is 0. The van der Waals surface area contributed by atoms with Crippen LogP contribution in [0.1, 0.15) is 11.1 Å². The molecule has 1 N–H and O–H groups in total. The van der Waals surface area contributed by atoms with Crippen molar-refractivity contribution >= 4 is 16.6 Å². The van der Waals surface area contributed by atoms with Crippen molar-refractivity contribution < 1.29 is 4.39 Å². The van der Waals surface area contributed by atoms with E-state index in [1.165, 1.54) is 34.0 Å². The third-order valence-electron chi connectivity index (χ3n) is 6.41. The highest BCUT2D eigenvalue weighted by atomic mass is 19.1. The van der Waals surface area contributed by atoms with Crippen LogP contribution in [0.5, 0.6) is 0 Å². The summed E-state index contributed by atoms with van der Waals surface area (Å²) < 4.78 is 13.6. The van der Waals surface area contributed by atoms with Gasteiger partial charge < -0.3 is 9.88 Å². The van der Waals surface area contributed by atoms with Gasteiger partial charge in [-0.05, 0) is 48.7 Å². The molecule has 4 aromatic rings. The number of fused-ring (bicyclic) bond motifs is 1. The maximum atomic E-state index is 13.6. The van der Waals surface area contributed by atoms with E-state index in [2.05, 4.69) is 70.2 Å². The van der Waals surface area contributed by atoms with E-state index in [1.54, 1.807) is 6.07 Å². The van der Waals surface area contributed by atoms with E-state index in [0.29, 0.717) is 0 Å². The molecule has 0 unspecified atom stereocenters. The molecule has 5 rings (SSSR count). The minimum absolute atomic E-state index is 0.172. The molecule has 0 spiro atoms. The van der Waals surface area contributed by atoms with E-state index in [1.807, 2.05) is 12.3 Å². The van der Waals surface area contributed by atoms with Crippen LogP contribution in [0.15, 0.2) is 72.9 Å². The number of aryl methyl sites for hydroxylation is 1. The molecule has 1 aromatic heterocycles. The fraction of sp³-hybridized carbons (Fsp3) is 0.259. The number of aromatic amines is 1. The molecule has 3 aromatic carbocycles. The van der Waals surface area contributed by atoms with Crippen LogP contribution in [-0.4, -0.2) is 42.6 Å². The normalized spacial score (nSPS) is 15.0. The molecule has 0 saturated carbocycles. The summed E-state index contributed by atoms with van der Waals surface area (Å²) in [5, 5.41) is 1.01. The van der Waals surface area contributed by atoms with Gasteiger partial charge in [0.25, 0.3) is 0 Å². The Morgan fingerprint density at radius 3 is 2.48 bits per heavy atom. The molecule has 1 saturated heterocycles. The minimum atomic E-state index is -0.172. The average Bonchev–Trinajstić information content (AvgIpc) is 3.21. The Balaban J connectivity index is 1.24. The Hall–Kier alpha value is -3.11. The van der Waals surface area contributed by atoms with Crippen LogP contribution in [0, 0.1) is 12.7 Å². The van der Waals surface area contributed by atoms with Crippen molar-refractivity contribution in [2.75, 3.05) is 37.6 Å². The molecular formula is C27H28FN3. The zero-order chi connectivity index (χ0) is 21.2. The Bertz CT molecular complexity index is 1170. The zero-order valence-corrected chi connectivity index (χ0v) is 17.9. The molecule has 0 aliphatic carbocycles. The number of piperazine rings is 1. The smallest absolute Gasteiger partial charge is 0.123 e. The average molecular weight is 414 g/mol.